The van der Waals surface area contributed by atoms with Crippen molar-refractivity contribution in [1.29, 1.82) is 0 Å². The molecular weight excluding hydrogens is 388 g/mol. The first-order valence-electron chi connectivity index (χ1n) is 11.5. The van der Waals surface area contributed by atoms with Gasteiger partial charge in [0.05, 0.1) is 66.1 Å². The number of ether oxygens (including phenoxy) is 5. The third kappa shape index (κ3) is 18.0. The first kappa shape index (κ1) is 29.1. The molecule has 0 aliphatic carbocycles. The molecule has 0 saturated heterocycles. The molecule has 7 heteroatoms. The molecule has 0 aromatic heterocycles. The number of carbonyl (C=O) groups excluding carboxylic acids is 2. The molecule has 0 aliphatic rings. The quantitative estimate of drug-likeness (QED) is 0.229. The van der Waals surface area contributed by atoms with Crippen LogP contribution in [0, 0.1) is 11.8 Å². The Labute approximate surface area is 183 Å². The molecule has 0 aliphatic heterocycles. The summed E-state index contributed by atoms with van der Waals surface area (Å²) in [5.41, 5.74) is 0. The second-order valence-electron chi connectivity index (χ2n) is 7.49. The van der Waals surface area contributed by atoms with E-state index in [0.29, 0.717) is 78.9 Å². The van der Waals surface area contributed by atoms with E-state index >= 15 is 0 Å². The topological polar surface area (TPSA) is 80.3 Å². The van der Waals surface area contributed by atoms with Crippen LogP contribution in [0.15, 0.2) is 0 Å². The minimum atomic E-state index is 0.119. The van der Waals surface area contributed by atoms with Gasteiger partial charge in [-0.05, 0) is 12.8 Å². The van der Waals surface area contributed by atoms with Gasteiger partial charge in [0.15, 0.2) is 0 Å². The molecule has 0 N–H and O–H groups in total. The molecule has 0 spiro atoms. The third-order valence-corrected chi connectivity index (χ3v) is 4.91. The lowest BCUT2D eigenvalue weighted by Crippen LogP contribution is -2.16. The second kappa shape index (κ2) is 21.4. The Hall–Kier alpha value is -0.860. The number of hydrogen-bond acceptors (Lipinski definition) is 7. The summed E-state index contributed by atoms with van der Waals surface area (Å²) in [6, 6.07) is 0. The maximum absolute atomic E-state index is 11.8. The molecule has 2 atom stereocenters. The molecule has 0 aromatic carbocycles. The molecular formula is C23H44O7. The van der Waals surface area contributed by atoms with Gasteiger partial charge in [-0.25, -0.2) is 0 Å². The van der Waals surface area contributed by atoms with Gasteiger partial charge in [0.2, 0.25) is 0 Å². The normalized spacial score (nSPS) is 13.3. The SMILES string of the molecule is CCCC(C)C(=O)CCOCCOCCOCCOCCOCCC(=O)C(C)CC. The lowest BCUT2D eigenvalue weighted by Gasteiger charge is -2.10. The largest absolute Gasteiger partial charge is 0.379 e. The van der Waals surface area contributed by atoms with E-state index < -0.39 is 0 Å². The van der Waals surface area contributed by atoms with Crippen molar-refractivity contribution in [2.24, 2.45) is 11.8 Å². The Morgan fingerprint density at radius 1 is 0.567 bits per heavy atom. The second-order valence-corrected chi connectivity index (χ2v) is 7.49. The Morgan fingerprint density at radius 3 is 1.23 bits per heavy atom. The maximum atomic E-state index is 11.8. The average Bonchev–Trinajstić information content (AvgIpc) is 2.74. The Kier molecular flexibility index (Phi) is 20.8. The van der Waals surface area contributed by atoms with E-state index in [1.165, 1.54) is 0 Å². The zero-order chi connectivity index (χ0) is 22.5. The van der Waals surface area contributed by atoms with E-state index in [2.05, 4.69) is 6.92 Å². The summed E-state index contributed by atoms with van der Waals surface area (Å²) in [6.07, 6.45) is 3.81. The van der Waals surface area contributed by atoms with Crippen LogP contribution in [0.4, 0.5) is 0 Å². The predicted octanol–water partition coefficient (Wildman–Crippen LogP) is 3.47. The van der Waals surface area contributed by atoms with Gasteiger partial charge in [-0.1, -0.05) is 34.1 Å². The summed E-state index contributed by atoms with van der Waals surface area (Å²) in [4.78, 5) is 23.4. The lowest BCUT2D eigenvalue weighted by molar-refractivity contribution is -0.124. The van der Waals surface area contributed by atoms with Crippen LogP contribution in [-0.2, 0) is 33.3 Å². The van der Waals surface area contributed by atoms with Crippen LogP contribution < -0.4 is 0 Å². The number of rotatable bonds is 23. The van der Waals surface area contributed by atoms with Crippen LogP contribution in [0.3, 0.4) is 0 Å². The molecule has 2 unspecified atom stereocenters. The van der Waals surface area contributed by atoms with Crippen molar-refractivity contribution in [2.75, 3.05) is 66.1 Å². The highest BCUT2D eigenvalue weighted by molar-refractivity contribution is 5.81. The van der Waals surface area contributed by atoms with Crippen LogP contribution in [0.25, 0.3) is 0 Å². The van der Waals surface area contributed by atoms with Crippen molar-refractivity contribution in [2.45, 2.75) is 59.8 Å². The molecule has 0 fully saturated rings. The summed E-state index contributed by atoms with van der Waals surface area (Å²) in [6.45, 7) is 12.9. The van der Waals surface area contributed by atoms with Crippen molar-refractivity contribution in [1.82, 2.24) is 0 Å². The fourth-order valence-corrected chi connectivity index (χ4v) is 2.64. The summed E-state index contributed by atoms with van der Waals surface area (Å²) >= 11 is 0. The molecule has 7 nitrogen and oxygen atoms in total. The van der Waals surface area contributed by atoms with Gasteiger partial charge in [-0.15, -0.1) is 0 Å². The van der Waals surface area contributed by atoms with Gasteiger partial charge >= 0.3 is 0 Å². The Balaban J connectivity index is 3.21. The van der Waals surface area contributed by atoms with Gasteiger partial charge in [-0.3, -0.25) is 9.59 Å². The number of carbonyl (C=O) groups is 2. The molecule has 178 valence electrons. The smallest absolute Gasteiger partial charge is 0.137 e. The van der Waals surface area contributed by atoms with Crippen LogP contribution in [0.5, 0.6) is 0 Å². The van der Waals surface area contributed by atoms with E-state index in [1.807, 2.05) is 20.8 Å². The summed E-state index contributed by atoms with van der Waals surface area (Å²) in [5.74, 6) is 0.784. The third-order valence-electron chi connectivity index (χ3n) is 4.91. The molecule has 0 aromatic rings. The van der Waals surface area contributed by atoms with Gasteiger partial charge < -0.3 is 23.7 Å². The summed E-state index contributed by atoms with van der Waals surface area (Å²) < 4.78 is 27.1. The van der Waals surface area contributed by atoms with E-state index in [1.54, 1.807) is 0 Å². The first-order chi connectivity index (χ1) is 14.5. The molecule has 0 rings (SSSR count). The van der Waals surface area contributed by atoms with Crippen LogP contribution in [0.2, 0.25) is 0 Å². The van der Waals surface area contributed by atoms with Crippen molar-refractivity contribution in [3.05, 3.63) is 0 Å². The lowest BCUT2D eigenvalue weighted by atomic mass is 9.99. The average molecular weight is 433 g/mol. The highest BCUT2D eigenvalue weighted by Gasteiger charge is 2.11. The molecule has 0 radical (unpaired) electrons. The maximum Gasteiger partial charge on any atom is 0.137 e. The number of hydrogen-bond donors (Lipinski definition) is 0. The van der Waals surface area contributed by atoms with E-state index in [4.69, 9.17) is 23.7 Å². The van der Waals surface area contributed by atoms with Gasteiger partial charge in [0.1, 0.15) is 11.6 Å². The highest BCUT2D eigenvalue weighted by Crippen LogP contribution is 2.08. The van der Waals surface area contributed by atoms with Gasteiger partial charge in [0, 0.05) is 24.7 Å². The minimum absolute atomic E-state index is 0.119. The fourth-order valence-electron chi connectivity index (χ4n) is 2.64. The molecule has 0 heterocycles. The standard InChI is InChI=1S/C23H44O7/c1-5-7-21(4)23(25)9-11-27-13-15-29-17-19-30-18-16-28-14-12-26-10-8-22(24)20(3)6-2/h20-21H,5-19H2,1-4H3. The van der Waals surface area contributed by atoms with Crippen LogP contribution >= 0.6 is 0 Å². The minimum Gasteiger partial charge on any atom is -0.379 e. The number of Topliss-reactive ketones (excluding diaryl/α,β-unsaturated/α-hetero) is 2. The summed E-state index contributed by atoms with van der Waals surface area (Å²) in [7, 11) is 0. The molecule has 0 saturated carbocycles. The fraction of sp³-hybridized carbons (Fsp3) is 0.913. The van der Waals surface area contributed by atoms with Crippen LogP contribution in [0.1, 0.15) is 59.8 Å². The van der Waals surface area contributed by atoms with Crippen molar-refractivity contribution >= 4 is 11.6 Å². The van der Waals surface area contributed by atoms with Gasteiger partial charge in [0.25, 0.3) is 0 Å². The first-order valence-corrected chi connectivity index (χ1v) is 11.5. The summed E-state index contributed by atoms with van der Waals surface area (Å²) in [5, 5.41) is 0. The molecule has 0 amide bonds. The monoisotopic (exact) mass is 432 g/mol. The number of ketones is 2. The zero-order valence-corrected chi connectivity index (χ0v) is 19.6. The predicted molar refractivity (Wildman–Crippen MR) is 117 cm³/mol. The Morgan fingerprint density at radius 2 is 0.900 bits per heavy atom. The molecule has 30 heavy (non-hydrogen) atoms. The van der Waals surface area contributed by atoms with Crippen molar-refractivity contribution in [3.8, 4) is 0 Å². The Bertz CT molecular complexity index is 414. The van der Waals surface area contributed by atoms with Gasteiger partial charge in [-0.2, -0.15) is 0 Å². The van der Waals surface area contributed by atoms with E-state index in [-0.39, 0.29) is 23.4 Å². The molecule has 0 bridgehead atoms. The zero-order valence-electron chi connectivity index (χ0n) is 19.6. The highest BCUT2D eigenvalue weighted by atomic mass is 16.6. The van der Waals surface area contributed by atoms with E-state index in [9.17, 15) is 9.59 Å². The van der Waals surface area contributed by atoms with Crippen molar-refractivity contribution in [3.63, 3.8) is 0 Å². The van der Waals surface area contributed by atoms with Crippen molar-refractivity contribution < 1.29 is 33.3 Å². The van der Waals surface area contributed by atoms with Crippen LogP contribution in [-0.4, -0.2) is 77.6 Å². The van der Waals surface area contributed by atoms with E-state index in [0.717, 1.165) is 19.3 Å².